The molecule has 3 N–H and O–H groups in total. The third kappa shape index (κ3) is 7.21. The van der Waals surface area contributed by atoms with E-state index in [0.717, 1.165) is 54.0 Å². The van der Waals surface area contributed by atoms with Crippen LogP contribution in [0.3, 0.4) is 0 Å². The molecule has 2 amide bonds. The SMILES string of the molecule is CN1CC(NC(=O)c2cccc([C@@H](CCN3CC[C@@H](C(=O)O)C3)NC(=O)c3nc4cc5c(nc4s3)CC[C@H](C(C)(C)C)C5)c2)C1. The summed E-state index contributed by atoms with van der Waals surface area (Å²) < 4.78 is 0. The summed E-state index contributed by atoms with van der Waals surface area (Å²) in [7, 11) is 2.02. The quantitative estimate of drug-likeness (QED) is 0.321. The van der Waals surface area contributed by atoms with E-state index in [1.165, 1.54) is 16.9 Å². The Balaban J connectivity index is 1.20. The van der Waals surface area contributed by atoms with Crippen molar-refractivity contribution in [3.63, 3.8) is 0 Å². The first-order valence-electron chi connectivity index (χ1n) is 16.1. The van der Waals surface area contributed by atoms with Crippen molar-refractivity contribution in [2.75, 3.05) is 39.8 Å². The van der Waals surface area contributed by atoms with Crippen LogP contribution in [0.4, 0.5) is 0 Å². The number of hydrogen-bond donors (Lipinski definition) is 3. The Morgan fingerprint density at radius 2 is 1.89 bits per heavy atom. The van der Waals surface area contributed by atoms with Crippen molar-refractivity contribution in [3.8, 4) is 0 Å². The molecule has 10 nitrogen and oxygen atoms in total. The summed E-state index contributed by atoms with van der Waals surface area (Å²) in [4.78, 5) is 53.0. The number of amides is 2. The fraction of sp³-hybridized carbons (Fsp3) is 0.559. The van der Waals surface area contributed by atoms with Crippen LogP contribution in [0.1, 0.15) is 83.1 Å². The van der Waals surface area contributed by atoms with Crippen LogP contribution in [0.15, 0.2) is 30.3 Å². The number of nitrogens with zero attached hydrogens (tertiary/aromatic N) is 4. The molecule has 3 atom stereocenters. The van der Waals surface area contributed by atoms with Gasteiger partial charge >= 0.3 is 5.97 Å². The van der Waals surface area contributed by atoms with E-state index in [1.807, 2.05) is 25.2 Å². The number of carboxylic acid groups (broad SMARTS) is 1. The molecule has 3 aliphatic rings. The van der Waals surface area contributed by atoms with Gasteiger partial charge in [-0.05, 0) is 86.4 Å². The number of carbonyl (C=O) groups is 3. The van der Waals surface area contributed by atoms with Crippen molar-refractivity contribution in [1.29, 1.82) is 0 Å². The number of carbonyl (C=O) groups excluding carboxylic acids is 2. The van der Waals surface area contributed by atoms with Gasteiger partial charge in [0.15, 0.2) is 5.01 Å². The first kappa shape index (κ1) is 31.6. The maximum Gasteiger partial charge on any atom is 0.307 e. The van der Waals surface area contributed by atoms with E-state index in [9.17, 15) is 19.5 Å². The molecule has 0 radical (unpaired) electrons. The third-order valence-corrected chi connectivity index (χ3v) is 10.7. The van der Waals surface area contributed by atoms with Gasteiger partial charge in [-0.15, -0.1) is 0 Å². The number of aryl methyl sites for hydroxylation is 1. The fourth-order valence-corrected chi connectivity index (χ4v) is 7.74. The van der Waals surface area contributed by atoms with E-state index in [0.29, 0.717) is 49.0 Å². The molecule has 0 saturated carbocycles. The lowest BCUT2D eigenvalue weighted by atomic mass is 9.71. The van der Waals surface area contributed by atoms with Crippen LogP contribution in [0.2, 0.25) is 0 Å². The Hall–Kier alpha value is -3.41. The smallest absolute Gasteiger partial charge is 0.307 e. The number of fused-ring (bicyclic) bond motifs is 2. The van der Waals surface area contributed by atoms with Gasteiger partial charge in [0.1, 0.15) is 10.3 Å². The van der Waals surface area contributed by atoms with Gasteiger partial charge in [0, 0.05) is 37.4 Å². The Kier molecular flexibility index (Phi) is 8.96. The monoisotopic (exact) mass is 632 g/mol. The number of hydrogen-bond acceptors (Lipinski definition) is 8. The van der Waals surface area contributed by atoms with E-state index in [2.05, 4.69) is 47.3 Å². The van der Waals surface area contributed by atoms with Crippen molar-refractivity contribution in [3.05, 3.63) is 57.7 Å². The minimum atomic E-state index is -0.765. The van der Waals surface area contributed by atoms with Crippen molar-refractivity contribution in [2.45, 2.75) is 65.0 Å². The number of aromatic nitrogens is 2. The van der Waals surface area contributed by atoms with Gasteiger partial charge in [0.05, 0.1) is 18.0 Å². The van der Waals surface area contributed by atoms with Crippen molar-refractivity contribution >= 4 is 39.5 Å². The highest BCUT2D eigenvalue weighted by Gasteiger charge is 2.31. The number of thiazole rings is 1. The average molecular weight is 633 g/mol. The van der Waals surface area contributed by atoms with Crippen LogP contribution >= 0.6 is 11.3 Å². The Morgan fingerprint density at radius 3 is 2.60 bits per heavy atom. The van der Waals surface area contributed by atoms with Gasteiger partial charge in [-0.2, -0.15) is 0 Å². The lowest BCUT2D eigenvalue weighted by Crippen LogP contribution is -2.57. The predicted molar refractivity (Wildman–Crippen MR) is 175 cm³/mol. The molecular weight excluding hydrogens is 588 g/mol. The van der Waals surface area contributed by atoms with Crippen LogP contribution in [-0.4, -0.2) is 88.5 Å². The maximum atomic E-state index is 13.7. The van der Waals surface area contributed by atoms with Gasteiger partial charge in [0.2, 0.25) is 0 Å². The summed E-state index contributed by atoms with van der Waals surface area (Å²) >= 11 is 1.31. The number of nitrogens with one attached hydrogen (secondary N) is 2. The largest absolute Gasteiger partial charge is 0.481 e. The summed E-state index contributed by atoms with van der Waals surface area (Å²) in [5.41, 5.74) is 4.72. The molecule has 11 heteroatoms. The van der Waals surface area contributed by atoms with E-state index in [-0.39, 0.29) is 35.2 Å². The van der Waals surface area contributed by atoms with Gasteiger partial charge in [-0.3, -0.25) is 14.4 Å². The molecule has 2 fully saturated rings. The second kappa shape index (κ2) is 12.8. The standard InChI is InChI=1S/C34H44N6O4S/c1-34(2,3)24-8-9-26-23(15-24)16-28-31(37-26)45-32(38-28)30(42)36-27(11-13-40-12-10-22(17-40)33(43)44)20-6-5-7-21(14-20)29(41)35-25-18-39(4)19-25/h5-7,14,16,22,24-25,27H,8-13,15,17-19H2,1-4H3,(H,35,41)(H,36,42)(H,43,44)/t22-,24+,27-/m1/s1. The lowest BCUT2D eigenvalue weighted by Gasteiger charge is -2.36. The molecule has 2 aromatic heterocycles. The highest BCUT2D eigenvalue weighted by Crippen LogP contribution is 2.38. The zero-order chi connectivity index (χ0) is 31.9. The summed E-state index contributed by atoms with van der Waals surface area (Å²) in [6.45, 7) is 10.4. The zero-order valence-corrected chi connectivity index (χ0v) is 27.5. The first-order chi connectivity index (χ1) is 21.4. The number of carboxylic acids is 1. The molecule has 3 aromatic rings. The predicted octanol–water partition coefficient (Wildman–Crippen LogP) is 4.15. The molecule has 2 aliphatic heterocycles. The second-order valence-electron chi connectivity index (χ2n) is 14.2. The van der Waals surface area contributed by atoms with Crippen molar-refractivity contribution < 1.29 is 19.5 Å². The molecule has 240 valence electrons. The normalized spacial score (nSPS) is 21.7. The number of aliphatic carboxylic acids is 1. The third-order valence-electron chi connectivity index (χ3n) is 9.78. The minimum Gasteiger partial charge on any atom is -0.481 e. The van der Waals surface area contributed by atoms with Gasteiger partial charge < -0.3 is 25.5 Å². The number of benzene rings is 1. The van der Waals surface area contributed by atoms with Gasteiger partial charge in [-0.25, -0.2) is 9.97 Å². The van der Waals surface area contributed by atoms with Crippen LogP contribution in [0, 0.1) is 17.3 Å². The molecule has 0 unspecified atom stereocenters. The van der Waals surface area contributed by atoms with Crippen LogP contribution in [-0.2, 0) is 17.6 Å². The second-order valence-corrected chi connectivity index (χ2v) is 15.2. The molecular formula is C34H44N6O4S. The van der Waals surface area contributed by atoms with Gasteiger partial charge in [0.25, 0.3) is 11.8 Å². The molecule has 4 heterocycles. The van der Waals surface area contributed by atoms with Crippen LogP contribution < -0.4 is 10.6 Å². The van der Waals surface area contributed by atoms with E-state index in [4.69, 9.17) is 9.97 Å². The molecule has 0 bridgehead atoms. The Bertz CT molecular complexity index is 1590. The number of rotatable bonds is 9. The summed E-state index contributed by atoms with van der Waals surface area (Å²) in [6, 6.07) is 9.30. The number of likely N-dealkylation sites (tertiary alicyclic amines) is 2. The average Bonchev–Trinajstić information content (AvgIpc) is 3.64. The Morgan fingerprint density at radius 1 is 1.09 bits per heavy atom. The summed E-state index contributed by atoms with van der Waals surface area (Å²) in [5.74, 6) is -0.945. The summed E-state index contributed by atoms with van der Waals surface area (Å²) in [5, 5.41) is 16.1. The number of pyridine rings is 1. The first-order valence-corrected chi connectivity index (χ1v) is 16.9. The molecule has 1 aromatic carbocycles. The van der Waals surface area contributed by atoms with Crippen LogP contribution in [0.5, 0.6) is 0 Å². The maximum absolute atomic E-state index is 13.7. The number of likely N-dealkylation sites (N-methyl/N-ethyl adjacent to an activating group) is 1. The minimum absolute atomic E-state index is 0.126. The zero-order valence-electron chi connectivity index (χ0n) is 26.6. The van der Waals surface area contributed by atoms with Gasteiger partial charge in [-0.1, -0.05) is 44.2 Å². The van der Waals surface area contributed by atoms with Crippen LogP contribution in [0.25, 0.3) is 10.3 Å². The molecule has 6 rings (SSSR count). The molecule has 0 spiro atoms. The van der Waals surface area contributed by atoms with E-state index >= 15 is 0 Å². The lowest BCUT2D eigenvalue weighted by molar-refractivity contribution is -0.141. The molecule has 1 aliphatic carbocycles. The van der Waals surface area contributed by atoms with E-state index < -0.39 is 5.97 Å². The fourth-order valence-electron chi connectivity index (χ4n) is 6.90. The van der Waals surface area contributed by atoms with Crippen molar-refractivity contribution in [1.82, 2.24) is 30.4 Å². The summed E-state index contributed by atoms with van der Waals surface area (Å²) in [6.07, 6.45) is 4.22. The highest BCUT2D eigenvalue weighted by atomic mass is 32.1. The Labute approximate surface area is 268 Å². The molecule has 45 heavy (non-hydrogen) atoms. The highest BCUT2D eigenvalue weighted by molar-refractivity contribution is 7.19. The van der Waals surface area contributed by atoms with E-state index in [1.54, 1.807) is 6.07 Å². The topological polar surface area (TPSA) is 128 Å². The van der Waals surface area contributed by atoms with Crippen molar-refractivity contribution in [2.24, 2.45) is 17.3 Å². The molecule has 2 saturated heterocycles.